The van der Waals surface area contributed by atoms with Crippen molar-refractivity contribution in [2.45, 2.75) is 6.10 Å². The van der Waals surface area contributed by atoms with Crippen LogP contribution >= 0.6 is 12.2 Å². The Morgan fingerprint density at radius 2 is 1.70 bits per heavy atom. The number of fused-ring (bicyclic) bond motifs is 1. The Morgan fingerprint density at radius 3 is 2.52 bits per heavy atom. The molecule has 1 unspecified atom stereocenters. The van der Waals surface area contributed by atoms with Crippen LogP contribution in [0.3, 0.4) is 0 Å². The van der Waals surface area contributed by atoms with Gasteiger partial charge in [0.2, 0.25) is 0 Å². The lowest BCUT2D eigenvalue weighted by Crippen LogP contribution is -2.43. The Bertz CT molecular complexity index is 926. The quantitative estimate of drug-likeness (QED) is 0.574. The molecule has 0 heterocycles. The fourth-order valence-corrected chi connectivity index (χ4v) is 2.76. The molecule has 6 heteroatoms. The molecule has 0 saturated heterocycles. The third-order valence-electron chi connectivity index (χ3n) is 3.94. The monoisotopic (exact) mass is 380 g/mol. The maximum absolute atomic E-state index is 12.0. The molecule has 3 N–H and O–H groups in total. The van der Waals surface area contributed by atoms with Gasteiger partial charge in [-0.2, -0.15) is 0 Å². The molecule has 5 nitrogen and oxygen atoms in total. The number of hydrogen-bond acceptors (Lipinski definition) is 4. The minimum Gasteiger partial charge on any atom is -0.490 e. The topological polar surface area (TPSA) is 70.6 Å². The summed E-state index contributed by atoms with van der Waals surface area (Å²) in [6.45, 7) is 0.273. The second kappa shape index (κ2) is 9.12. The molecule has 0 aliphatic carbocycles. The maximum atomic E-state index is 12.0. The van der Waals surface area contributed by atoms with Gasteiger partial charge in [-0.15, -0.1) is 0 Å². The number of thiocarbonyl (C=S) groups is 1. The van der Waals surface area contributed by atoms with Gasteiger partial charge in [-0.1, -0.05) is 54.6 Å². The highest BCUT2D eigenvalue weighted by Crippen LogP contribution is 2.25. The van der Waals surface area contributed by atoms with Gasteiger partial charge in [0.15, 0.2) is 5.11 Å². The van der Waals surface area contributed by atoms with Crippen LogP contribution in [0.4, 0.5) is 0 Å². The van der Waals surface area contributed by atoms with Crippen molar-refractivity contribution >= 4 is 34.0 Å². The van der Waals surface area contributed by atoms with E-state index in [1.807, 2.05) is 48.5 Å². The van der Waals surface area contributed by atoms with Crippen molar-refractivity contribution in [2.75, 3.05) is 13.2 Å². The average molecular weight is 380 g/mol. The SMILES string of the molecule is O=C(NC(=S)NCC(O)COc1cccc2ccccc12)c1ccccc1. The number of hydrogen-bond donors (Lipinski definition) is 3. The largest absolute Gasteiger partial charge is 0.490 e. The number of rotatable bonds is 6. The third kappa shape index (κ3) is 5.26. The number of aliphatic hydroxyl groups is 1. The number of amides is 1. The molecule has 0 fully saturated rings. The number of benzene rings is 3. The Morgan fingerprint density at radius 1 is 1.00 bits per heavy atom. The van der Waals surface area contributed by atoms with Crippen molar-refractivity contribution in [3.05, 3.63) is 78.4 Å². The molecule has 138 valence electrons. The van der Waals surface area contributed by atoms with Gasteiger partial charge in [0, 0.05) is 17.5 Å². The predicted octanol–water partition coefficient (Wildman–Crippen LogP) is 2.88. The Labute approximate surface area is 163 Å². The van der Waals surface area contributed by atoms with Crippen molar-refractivity contribution < 1.29 is 14.6 Å². The van der Waals surface area contributed by atoms with E-state index in [0.717, 1.165) is 10.8 Å². The van der Waals surface area contributed by atoms with Gasteiger partial charge in [0.25, 0.3) is 5.91 Å². The first-order chi connectivity index (χ1) is 13.1. The lowest BCUT2D eigenvalue weighted by Gasteiger charge is -2.16. The smallest absolute Gasteiger partial charge is 0.257 e. The van der Waals surface area contributed by atoms with Crippen molar-refractivity contribution in [1.82, 2.24) is 10.6 Å². The van der Waals surface area contributed by atoms with Crippen LogP contribution in [0.2, 0.25) is 0 Å². The van der Waals surface area contributed by atoms with Crippen LogP contribution in [-0.4, -0.2) is 35.4 Å². The first kappa shape index (κ1) is 18.8. The number of ether oxygens (including phenoxy) is 1. The molecule has 1 atom stereocenters. The van der Waals surface area contributed by atoms with E-state index in [1.165, 1.54) is 0 Å². The van der Waals surface area contributed by atoms with Gasteiger partial charge in [-0.3, -0.25) is 10.1 Å². The molecule has 3 rings (SSSR count). The molecule has 3 aromatic rings. The molecule has 27 heavy (non-hydrogen) atoms. The van der Waals surface area contributed by atoms with Crippen molar-refractivity contribution in [1.29, 1.82) is 0 Å². The van der Waals surface area contributed by atoms with Crippen LogP contribution in [0, 0.1) is 0 Å². The summed E-state index contributed by atoms with van der Waals surface area (Å²) < 4.78 is 5.74. The average Bonchev–Trinajstić information content (AvgIpc) is 2.71. The van der Waals surface area contributed by atoms with E-state index in [9.17, 15) is 9.90 Å². The fourth-order valence-electron chi connectivity index (χ4n) is 2.59. The number of carbonyl (C=O) groups is 1. The first-order valence-corrected chi connectivity index (χ1v) is 8.97. The van der Waals surface area contributed by atoms with E-state index in [4.69, 9.17) is 17.0 Å². The van der Waals surface area contributed by atoms with Gasteiger partial charge < -0.3 is 15.2 Å². The normalized spacial score (nSPS) is 11.6. The Balaban J connectivity index is 1.46. The second-order valence-corrected chi connectivity index (χ2v) is 6.38. The highest BCUT2D eigenvalue weighted by Gasteiger charge is 2.10. The number of aliphatic hydroxyl groups excluding tert-OH is 1. The lowest BCUT2D eigenvalue weighted by atomic mass is 10.1. The molecule has 0 aliphatic heterocycles. The van der Waals surface area contributed by atoms with E-state index < -0.39 is 6.10 Å². The summed E-state index contributed by atoms with van der Waals surface area (Å²) in [6, 6.07) is 22.5. The van der Waals surface area contributed by atoms with Crippen LogP contribution in [-0.2, 0) is 0 Å². The Hall–Kier alpha value is -2.96. The fraction of sp³-hybridized carbons (Fsp3) is 0.143. The van der Waals surface area contributed by atoms with Crippen LogP contribution < -0.4 is 15.4 Å². The summed E-state index contributed by atoms with van der Waals surface area (Å²) in [4.78, 5) is 12.0. The zero-order valence-corrected chi connectivity index (χ0v) is 15.4. The van der Waals surface area contributed by atoms with Crippen molar-refractivity contribution in [3.63, 3.8) is 0 Å². The van der Waals surface area contributed by atoms with E-state index >= 15 is 0 Å². The summed E-state index contributed by atoms with van der Waals surface area (Å²) >= 11 is 5.09. The van der Waals surface area contributed by atoms with Crippen LogP contribution in [0.25, 0.3) is 10.8 Å². The maximum Gasteiger partial charge on any atom is 0.257 e. The molecule has 3 aromatic carbocycles. The van der Waals surface area contributed by atoms with Crippen molar-refractivity contribution in [3.8, 4) is 5.75 Å². The van der Waals surface area contributed by atoms with E-state index in [1.54, 1.807) is 24.3 Å². The zero-order chi connectivity index (χ0) is 19.1. The van der Waals surface area contributed by atoms with Crippen LogP contribution in [0.15, 0.2) is 72.8 Å². The van der Waals surface area contributed by atoms with E-state index in [0.29, 0.717) is 11.3 Å². The molecule has 0 spiro atoms. The molecular weight excluding hydrogens is 360 g/mol. The van der Waals surface area contributed by atoms with Crippen molar-refractivity contribution in [2.24, 2.45) is 0 Å². The predicted molar refractivity (Wildman–Crippen MR) is 110 cm³/mol. The zero-order valence-electron chi connectivity index (χ0n) is 14.6. The molecule has 0 bridgehead atoms. The minimum absolute atomic E-state index is 0.107. The van der Waals surface area contributed by atoms with Gasteiger partial charge in [0.05, 0.1) is 0 Å². The summed E-state index contributed by atoms with van der Waals surface area (Å²) in [5.74, 6) is 0.418. The molecule has 0 aliphatic rings. The summed E-state index contributed by atoms with van der Waals surface area (Å²) in [5.41, 5.74) is 0.515. The second-order valence-electron chi connectivity index (χ2n) is 5.97. The Kier molecular flexibility index (Phi) is 6.35. The minimum atomic E-state index is -0.782. The van der Waals surface area contributed by atoms with Gasteiger partial charge in [0.1, 0.15) is 18.5 Å². The van der Waals surface area contributed by atoms with Gasteiger partial charge >= 0.3 is 0 Å². The molecule has 0 aromatic heterocycles. The summed E-state index contributed by atoms with van der Waals surface area (Å²) in [5, 5.41) is 17.8. The highest BCUT2D eigenvalue weighted by molar-refractivity contribution is 7.80. The number of nitrogens with one attached hydrogen (secondary N) is 2. The third-order valence-corrected chi connectivity index (χ3v) is 4.19. The molecular formula is C21H20N2O3S. The van der Waals surface area contributed by atoms with E-state index in [-0.39, 0.29) is 24.2 Å². The van der Waals surface area contributed by atoms with Gasteiger partial charge in [-0.05, 0) is 35.8 Å². The van der Waals surface area contributed by atoms with Crippen LogP contribution in [0.1, 0.15) is 10.4 Å². The number of carbonyl (C=O) groups excluding carboxylic acids is 1. The lowest BCUT2D eigenvalue weighted by molar-refractivity contribution is 0.0972. The summed E-state index contributed by atoms with van der Waals surface area (Å²) in [6.07, 6.45) is -0.782. The van der Waals surface area contributed by atoms with E-state index in [2.05, 4.69) is 10.6 Å². The summed E-state index contributed by atoms with van der Waals surface area (Å²) in [7, 11) is 0. The first-order valence-electron chi connectivity index (χ1n) is 8.56. The molecule has 0 radical (unpaired) electrons. The van der Waals surface area contributed by atoms with Gasteiger partial charge in [-0.25, -0.2) is 0 Å². The molecule has 1 amide bonds. The molecule has 0 saturated carbocycles. The standard InChI is InChI=1S/C21H20N2O3S/c24-17(13-22-21(27)23-20(25)16-8-2-1-3-9-16)14-26-19-12-6-10-15-7-4-5-11-18(15)19/h1-12,17,24H,13-14H2,(H2,22,23,25,27). The van der Waals surface area contributed by atoms with Crippen LogP contribution in [0.5, 0.6) is 5.75 Å². The highest BCUT2D eigenvalue weighted by atomic mass is 32.1.